The van der Waals surface area contributed by atoms with Crippen LogP contribution in [0.5, 0.6) is 0 Å². The Morgan fingerprint density at radius 3 is 2.21 bits per heavy atom. The van der Waals surface area contributed by atoms with Crippen LogP contribution in [0.1, 0.15) is 63.4 Å². The average Bonchev–Trinajstić information content (AvgIpc) is 2.42. The third-order valence-electron chi connectivity index (χ3n) is 4.39. The van der Waals surface area contributed by atoms with Gasteiger partial charge in [0.05, 0.1) is 0 Å². The van der Waals surface area contributed by atoms with Crippen LogP contribution < -0.4 is 5.73 Å². The van der Waals surface area contributed by atoms with E-state index in [4.69, 9.17) is 5.73 Å². The van der Waals surface area contributed by atoms with Crippen molar-refractivity contribution in [3.8, 4) is 0 Å². The summed E-state index contributed by atoms with van der Waals surface area (Å²) in [4.78, 5) is 0. The lowest BCUT2D eigenvalue weighted by atomic mass is 9.77. The molecule has 1 aromatic rings. The second-order valence-corrected chi connectivity index (χ2v) is 5.76. The van der Waals surface area contributed by atoms with Crippen molar-refractivity contribution in [1.82, 2.24) is 0 Å². The summed E-state index contributed by atoms with van der Waals surface area (Å²) in [5, 5.41) is 0. The molecule has 3 heteroatoms. The summed E-state index contributed by atoms with van der Waals surface area (Å²) in [6, 6.07) is 2.82. The summed E-state index contributed by atoms with van der Waals surface area (Å²) in [6.45, 7) is 2.21. The molecule has 1 saturated carbocycles. The molecule has 0 aromatic heterocycles. The van der Waals surface area contributed by atoms with Gasteiger partial charge in [-0.05, 0) is 55.2 Å². The van der Waals surface area contributed by atoms with E-state index in [0.717, 1.165) is 24.3 Å². The molecule has 0 unspecified atom stereocenters. The Morgan fingerprint density at radius 1 is 1.11 bits per heavy atom. The Kier molecular flexibility index (Phi) is 4.78. The Balaban J connectivity index is 1.98. The van der Waals surface area contributed by atoms with Crippen LogP contribution in [0.3, 0.4) is 0 Å². The predicted octanol–water partition coefficient (Wildman–Crippen LogP) is 5.01. The smallest absolute Gasteiger partial charge is 0.149 e. The number of halogens is 2. The van der Waals surface area contributed by atoms with Crippen molar-refractivity contribution in [3.05, 3.63) is 29.3 Å². The van der Waals surface area contributed by atoms with Gasteiger partial charge in [-0.3, -0.25) is 0 Å². The van der Waals surface area contributed by atoms with E-state index in [1.165, 1.54) is 44.2 Å². The number of anilines is 1. The van der Waals surface area contributed by atoms with Crippen LogP contribution in [0.2, 0.25) is 0 Å². The minimum atomic E-state index is -0.622. The molecule has 2 rings (SSSR count). The zero-order valence-corrected chi connectivity index (χ0v) is 11.6. The highest BCUT2D eigenvalue weighted by atomic mass is 19.1. The predicted molar refractivity (Wildman–Crippen MR) is 75.0 cm³/mol. The fraction of sp³-hybridized carbons (Fsp3) is 0.625. The first-order chi connectivity index (χ1) is 9.11. The Morgan fingerprint density at radius 2 is 1.68 bits per heavy atom. The molecular weight excluding hydrogens is 244 g/mol. The molecule has 2 N–H and O–H groups in total. The van der Waals surface area contributed by atoms with Gasteiger partial charge >= 0.3 is 0 Å². The molecule has 0 heterocycles. The highest BCUT2D eigenvalue weighted by Crippen LogP contribution is 2.38. The first kappa shape index (κ1) is 14.3. The number of unbranched alkanes of at least 4 members (excludes halogenated alkanes) is 1. The topological polar surface area (TPSA) is 26.0 Å². The SMILES string of the molecule is CCCC[C@H]1CC[C@H](c2cc(F)c(N)c(F)c2)CC1. The second kappa shape index (κ2) is 6.36. The van der Waals surface area contributed by atoms with Crippen LogP contribution in [0.25, 0.3) is 0 Å². The van der Waals surface area contributed by atoms with Gasteiger partial charge in [0.15, 0.2) is 0 Å². The van der Waals surface area contributed by atoms with E-state index in [1.54, 1.807) is 0 Å². The minimum absolute atomic E-state index is 0.294. The van der Waals surface area contributed by atoms with E-state index >= 15 is 0 Å². The fourth-order valence-electron chi connectivity index (χ4n) is 3.12. The zero-order chi connectivity index (χ0) is 13.8. The number of hydrogen-bond acceptors (Lipinski definition) is 1. The van der Waals surface area contributed by atoms with Crippen LogP contribution in [-0.4, -0.2) is 0 Å². The van der Waals surface area contributed by atoms with Gasteiger partial charge in [-0.25, -0.2) is 8.78 Å². The Labute approximate surface area is 114 Å². The summed E-state index contributed by atoms with van der Waals surface area (Å²) >= 11 is 0. The highest BCUT2D eigenvalue weighted by Gasteiger charge is 2.23. The summed E-state index contributed by atoms with van der Waals surface area (Å²) in [5.41, 5.74) is 5.72. The van der Waals surface area contributed by atoms with Gasteiger partial charge in [-0.2, -0.15) is 0 Å². The van der Waals surface area contributed by atoms with E-state index in [2.05, 4.69) is 6.92 Å². The van der Waals surface area contributed by atoms with E-state index in [1.807, 2.05) is 0 Å². The molecule has 0 aliphatic heterocycles. The second-order valence-electron chi connectivity index (χ2n) is 5.76. The molecule has 0 spiro atoms. The monoisotopic (exact) mass is 267 g/mol. The molecule has 1 aliphatic rings. The van der Waals surface area contributed by atoms with Crippen molar-refractivity contribution in [1.29, 1.82) is 0 Å². The maximum Gasteiger partial charge on any atom is 0.149 e. The normalized spacial score (nSPS) is 23.5. The van der Waals surface area contributed by atoms with Gasteiger partial charge < -0.3 is 5.73 Å². The molecular formula is C16H23F2N. The van der Waals surface area contributed by atoms with E-state index in [9.17, 15) is 8.78 Å². The van der Waals surface area contributed by atoms with Crippen LogP contribution in [-0.2, 0) is 0 Å². The molecule has 0 saturated heterocycles. The van der Waals surface area contributed by atoms with Crippen molar-refractivity contribution >= 4 is 5.69 Å². The molecule has 19 heavy (non-hydrogen) atoms. The Bertz CT molecular complexity index is 400. The Hall–Kier alpha value is -1.12. The molecule has 106 valence electrons. The van der Waals surface area contributed by atoms with Crippen molar-refractivity contribution in [3.63, 3.8) is 0 Å². The molecule has 0 atom stereocenters. The molecule has 0 radical (unpaired) electrons. The maximum absolute atomic E-state index is 13.5. The lowest BCUT2D eigenvalue weighted by molar-refractivity contribution is 0.303. The minimum Gasteiger partial charge on any atom is -0.394 e. The molecule has 1 aliphatic carbocycles. The third kappa shape index (κ3) is 3.46. The lowest BCUT2D eigenvalue weighted by Gasteiger charge is -2.29. The van der Waals surface area contributed by atoms with Gasteiger partial charge in [0, 0.05) is 0 Å². The quantitative estimate of drug-likeness (QED) is 0.762. The van der Waals surface area contributed by atoms with Crippen LogP contribution in [0.4, 0.5) is 14.5 Å². The third-order valence-corrected chi connectivity index (χ3v) is 4.39. The van der Waals surface area contributed by atoms with Crippen molar-refractivity contribution in [2.75, 3.05) is 5.73 Å². The largest absolute Gasteiger partial charge is 0.394 e. The van der Waals surface area contributed by atoms with E-state index in [0.29, 0.717) is 5.92 Å². The van der Waals surface area contributed by atoms with E-state index in [-0.39, 0.29) is 5.69 Å². The standard InChI is InChI=1S/C16H23F2N/c1-2-3-4-11-5-7-12(8-6-11)13-9-14(17)16(19)15(18)10-13/h9-12H,2-8,19H2,1H3/t11-,12-. The highest BCUT2D eigenvalue weighted by molar-refractivity contribution is 5.44. The molecule has 1 nitrogen and oxygen atoms in total. The number of nitrogen functional groups attached to an aromatic ring is 1. The van der Waals surface area contributed by atoms with Gasteiger partial charge in [0.1, 0.15) is 17.3 Å². The summed E-state index contributed by atoms with van der Waals surface area (Å²) < 4.78 is 26.9. The molecule has 0 amide bonds. The lowest BCUT2D eigenvalue weighted by Crippen LogP contribution is -2.14. The molecule has 0 bridgehead atoms. The summed E-state index contributed by atoms with van der Waals surface area (Å²) in [6.07, 6.45) is 8.27. The number of rotatable bonds is 4. The van der Waals surface area contributed by atoms with Crippen LogP contribution in [0, 0.1) is 17.6 Å². The molecule has 1 fully saturated rings. The number of benzene rings is 1. The van der Waals surface area contributed by atoms with Crippen LogP contribution >= 0.6 is 0 Å². The zero-order valence-electron chi connectivity index (χ0n) is 11.6. The first-order valence-corrected chi connectivity index (χ1v) is 7.36. The van der Waals surface area contributed by atoms with Crippen molar-refractivity contribution in [2.45, 2.75) is 57.8 Å². The van der Waals surface area contributed by atoms with Gasteiger partial charge in [-0.15, -0.1) is 0 Å². The average molecular weight is 267 g/mol. The van der Waals surface area contributed by atoms with Crippen molar-refractivity contribution < 1.29 is 8.78 Å². The number of hydrogen-bond donors (Lipinski definition) is 1. The molecule has 1 aromatic carbocycles. The van der Waals surface area contributed by atoms with Crippen LogP contribution in [0.15, 0.2) is 12.1 Å². The van der Waals surface area contributed by atoms with Gasteiger partial charge in [0.25, 0.3) is 0 Å². The summed E-state index contributed by atoms with van der Waals surface area (Å²) in [5.74, 6) is -0.145. The first-order valence-electron chi connectivity index (χ1n) is 7.36. The maximum atomic E-state index is 13.5. The van der Waals surface area contributed by atoms with Crippen molar-refractivity contribution in [2.24, 2.45) is 5.92 Å². The summed E-state index contributed by atoms with van der Waals surface area (Å²) in [7, 11) is 0. The van der Waals surface area contributed by atoms with Gasteiger partial charge in [-0.1, -0.05) is 26.2 Å². The van der Waals surface area contributed by atoms with E-state index < -0.39 is 11.6 Å². The number of nitrogens with two attached hydrogens (primary N) is 1. The van der Waals surface area contributed by atoms with Gasteiger partial charge in [0.2, 0.25) is 0 Å². The fourth-order valence-corrected chi connectivity index (χ4v) is 3.12.